The second-order valence-electron chi connectivity index (χ2n) is 6.14. The quantitative estimate of drug-likeness (QED) is 0.548. The topological polar surface area (TPSA) is 12.9 Å². The Labute approximate surface area is 123 Å². The van der Waals surface area contributed by atoms with Crippen LogP contribution in [0.4, 0.5) is 0 Å². The van der Waals surface area contributed by atoms with Crippen molar-refractivity contribution in [1.82, 2.24) is 4.98 Å². The lowest BCUT2D eigenvalue weighted by molar-refractivity contribution is 0.320. The zero-order chi connectivity index (χ0) is 13.5. The van der Waals surface area contributed by atoms with Gasteiger partial charge in [-0.15, -0.1) is 22.9 Å². The molecule has 1 nitrogen and oxygen atoms in total. The summed E-state index contributed by atoms with van der Waals surface area (Å²) in [5.41, 5.74) is 2.86. The van der Waals surface area contributed by atoms with Gasteiger partial charge < -0.3 is 0 Å². The fraction of sp³-hybridized carbons (Fsp3) is 0.438. The molecular weight excluding hydrogens is 274 g/mol. The maximum atomic E-state index is 6.35. The van der Waals surface area contributed by atoms with E-state index in [-0.39, 0.29) is 5.38 Å². The highest BCUT2D eigenvalue weighted by atomic mass is 35.5. The van der Waals surface area contributed by atoms with Gasteiger partial charge in [-0.05, 0) is 30.4 Å². The molecule has 0 aliphatic heterocycles. The molecule has 1 aliphatic carbocycles. The smallest absolute Gasteiger partial charge is 0.0979 e. The number of thiazole rings is 1. The van der Waals surface area contributed by atoms with Crippen molar-refractivity contribution in [3.63, 3.8) is 0 Å². The first kappa shape index (κ1) is 13.1. The van der Waals surface area contributed by atoms with Gasteiger partial charge in [0.1, 0.15) is 0 Å². The van der Waals surface area contributed by atoms with Crippen LogP contribution >= 0.6 is 22.9 Å². The van der Waals surface area contributed by atoms with E-state index < -0.39 is 0 Å². The Morgan fingerprint density at radius 2 is 2.16 bits per heavy atom. The van der Waals surface area contributed by atoms with Crippen LogP contribution in [0.25, 0.3) is 10.2 Å². The van der Waals surface area contributed by atoms with E-state index in [1.165, 1.54) is 15.3 Å². The van der Waals surface area contributed by atoms with E-state index in [2.05, 4.69) is 38.1 Å². The molecule has 0 bridgehead atoms. The summed E-state index contributed by atoms with van der Waals surface area (Å²) < 4.78 is 1.27. The zero-order valence-corrected chi connectivity index (χ0v) is 12.9. The minimum absolute atomic E-state index is 0.174. The highest BCUT2D eigenvalue weighted by Crippen LogP contribution is 2.39. The predicted molar refractivity (Wildman–Crippen MR) is 84.1 cm³/mol. The van der Waals surface area contributed by atoms with Crippen molar-refractivity contribution in [2.24, 2.45) is 5.41 Å². The number of allylic oxidation sites excluding steroid dienone is 2. The first-order chi connectivity index (χ1) is 9.02. The molecule has 0 saturated heterocycles. The van der Waals surface area contributed by atoms with Gasteiger partial charge in [0.05, 0.1) is 20.6 Å². The third kappa shape index (κ3) is 3.01. The third-order valence-corrected chi connectivity index (χ3v) is 4.90. The fourth-order valence-corrected chi connectivity index (χ4v) is 4.52. The second-order valence-corrected chi connectivity index (χ2v) is 7.81. The number of halogens is 1. The van der Waals surface area contributed by atoms with E-state index in [4.69, 9.17) is 16.6 Å². The molecule has 2 aromatic rings. The Kier molecular flexibility index (Phi) is 3.40. The van der Waals surface area contributed by atoms with Gasteiger partial charge in [0.25, 0.3) is 0 Å². The Morgan fingerprint density at radius 3 is 2.89 bits per heavy atom. The summed E-state index contributed by atoms with van der Waals surface area (Å²) in [5.74, 6) is 0. The molecule has 0 fully saturated rings. The van der Waals surface area contributed by atoms with E-state index in [0.29, 0.717) is 5.41 Å². The molecule has 1 atom stereocenters. The standard InChI is InChI=1S/C16H18ClNS/c1-16(2)9-11(7-12(17)10-16)8-15-18-13-5-3-4-6-14(13)19-15/h3-7,12H,8-10H2,1-2H3. The first-order valence-electron chi connectivity index (χ1n) is 6.70. The Balaban J connectivity index is 1.84. The SMILES string of the molecule is CC1(C)CC(Cc2nc3ccccc3s2)=CC(Cl)C1. The van der Waals surface area contributed by atoms with Gasteiger partial charge in [-0.1, -0.05) is 37.6 Å². The van der Waals surface area contributed by atoms with Gasteiger partial charge in [0.15, 0.2) is 0 Å². The number of alkyl halides is 1. The third-order valence-electron chi connectivity index (χ3n) is 3.59. The van der Waals surface area contributed by atoms with E-state index >= 15 is 0 Å². The molecule has 0 saturated carbocycles. The summed E-state index contributed by atoms with van der Waals surface area (Å²) in [6.07, 6.45) is 5.38. The van der Waals surface area contributed by atoms with Crippen molar-refractivity contribution in [3.8, 4) is 0 Å². The van der Waals surface area contributed by atoms with Gasteiger partial charge in [-0.3, -0.25) is 0 Å². The van der Waals surface area contributed by atoms with Crippen LogP contribution in [0.3, 0.4) is 0 Å². The molecule has 0 N–H and O–H groups in total. The molecule has 3 rings (SSSR count). The van der Waals surface area contributed by atoms with Gasteiger partial charge in [-0.2, -0.15) is 0 Å². The lowest BCUT2D eigenvalue weighted by atomic mass is 9.76. The van der Waals surface area contributed by atoms with Crippen LogP contribution in [-0.4, -0.2) is 10.4 Å². The molecule has 1 heterocycles. The van der Waals surface area contributed by atoms with E-state index in [1.807, 2.05) is 6.07 Å². The van der Waals surface area contributed by atoms with Crippen molar-refractivity contribution >= 4 is 33.2 Å². The number of benzene rings is 1. The summed E-state index contributed by atoms with van der Waals surface area (Å²) in [4.78, 5) is 4.71. The number of hydrogen-bond donors (Lipinski definition) is 0. The maximum Gasteiger partial charge on any atom is 0.0979 e. The lowest BCUT2D eigenvalue weighted by Gasteiger charge is -2.32. The van der Waals surface area contributed by atoms with Crippen LogP contribution in [-0.2, 0) is 6.42 Å². The average molecular weight is 292 g/mol. The monoisotopic (exact) mass is 291 g/mol. The number of hydrogen-bond acceptors (Lipinski definition) is 2. The van der Waals surface area contributed by atoms with Crippen LogP contribution in [0.2, 0.25) is 0 Å². The van der Waals surface area contributed by atoms with Crippen molar-refractivity contribution in [3.05, 3.63) is 40.9 Å². The maximum absolute atomic E-state index is 6.35. The van der Waals surface area contributed by atoms with E-state index in [0.717, 1.165) is 24.8 Å². The molecule has 0 radical (unpaired) electrons. The second kappa shape index (κ2) is 4.92. The minimum Gasteiger partial charge on any atom is -0.241 e. The number of nitrogens with zero attached hydrogens (tertiary/aromatic N) is 1. The molecule has 1 aliphatic rings. The van der Waals surface area contributed by atoms with Crippen LogP contribution in [0.5, 0.6) is 0 Å². The summed E-state index contributed by atoms with van der Waals surface area (Å²) in [5, 5.41) is 1.38. The van der Waals surface area contributed by atoms with Gasteiger partial charge in [0.2, 0.25) is 0 Å². The predicted octanol–water partition coefficient (Wildman–Crippen LogP) is 5.19. The van der Waals surface area contributed by atoms with Crippen molar-refractivity contribution in [2.45, 2.75) is 38.5 Å². The van der Waals surface area contributed by atoms with Gasteiger partial charge in [0, 0.05) is 6.42 Å². The molecule has 0 spiro atoms. The molecule has 1 aromatic carbocycles. The minimum atomic E-state index is 0.174. The first-order valence-corrected chi connectivity index (χ1v) is 7.95. The largest absolute Gasteiger partial charge is 0.241 e. The Hall–Kier alpha value is -0.860. The van der Waals surface area contributed by atoms with Crippen molar-refractivity contribution in [1.29, 1.82) is 0 Å². The van der Waals surface area contributed by atoms with Crippen LogP contribution in [0.1, 0.15) is 31.7 Å². The van der Waals surface area contributed by atoms with E-state index in [9.17, 15) is 0 Å². The normalized spacial score (nSPS) is 22.5. The highest BCUT2D eigenvalue weighted by molar-refractivity contribution is 7.18. The van der Waals surface area contributed by atoms with Crippen LogP contribution < -0.4 is 0 Å². The van der Waals surface area contributed by atoms with Crippen LogP contribution in [0, 0.1) is 5.41 Å². The lowest BCUT2D eigenvalue weighted by Crippen LogP contribution is -2.22. The average Bonchev–Trinajstić information content (AvgIpc) is 2.67. The summed E-state index contributed by atoms with van der Waals surface area (Å²) in [6.45, 7) is 4.60. The summed E-state index contributed by atoms with van der Waals surface area (Å²) in [7, 11) is 0. The van der Waals surface area contributed by atoms with Crippen LogP contribution in [0.15, 0.2) is 35.9 Å². The Bertz CT molecular complexity index is 593. The number of para-hydroxylation sites is 1. The molecule has 1 aromatic heterocycles. The van der Waals surface area contributed by atoms with E-state index in [1.54, 1.807) is 11.3 Å². The number of fused-ring (bicyclic) bond motifs is 1. The highest BCUT2D eigenvalue weighted by Gasteiger charge is 2.27. The fourth-order valence-electron chi connectivity index (χ4n) is 2.90. The van der Waals surface area contributed by atoms with Gasteiger partial charge in [-0.25, -0.2) is 4.98 Å². The van der Waals surface area contributed by atoms with Crippen molar-refractivity contribution < 1.29 is 0 Å². The summed E-state index contributed by atoms with van der Waals surface area (Å²) >= 11 is 8.14. The molecule has 100 valence electrons. The molecular formula is C16H18ClNS. The zero-order valence-electron chi connectivity index (χ0n) is 11.3. The Morgan fingerprint density at radius 1 is 1.37 bits per heavy atom. The molecule has 1 unspecified atom stereocenters. The summed E-state index contributed by atoms with van der Waals surface area (Å²) in [6, 6.07) is 8.34. The molecule has 0 amide bonds. The molecule has 19 heavy (non-hydrogen) atoms. The number of aromatic nitrogens is 1. The van der Waals surface area contributed by atoms with Crippen molar-refractivity contribution in [2.75, 3.05) is 0 Å². The van der Waals surface area contributed by atoms with Gasteiger partial charge >= 0.3 is 0 Å². The number of rotatable bonds is 2. The molecule has 3 heteroatoms.